The molecule has 0 aromatic heterocycles. The molecule has 0 spiro atoms. The van der Waals surface area contributed by atoms with Crippen molar-refractivity contribution in [3.05, 3.63) is 0 Å². The van der Waals surface area contributed by atoms with E-state index in [0.717, 1.165) is 19.3 Å². The normalized spacial score (nSPS) is 24.6. The monoisotopic (exact) mass is 271 g/mol. The maximum absolute atomic E-state index is 12.0. The Bertz CT molecular complexity index is 310. The minimum atomic E-state index is -0.525. The fourth-order valence-electron chi connectivity index (χ4n) is 2.29. The molecule has 19 heavy (non-hydrogen) atoms. The van der Waals surface area contributed by atoms with Gasteiger partial charge in [0.05, 0.1) is 6.61 Å². The summed E-state index contributed by atoms with van der Waals surface area (Å²) in [6.07, 6.45) is 3.53. The van der Waals surface area contributed by atoms with Crippen LogP contribution in [0.1, 0.15) is 32.6 Å². The second-order valence-electron chi connectivity index (χ2n) is 5.14. The number of nitrogens with one attached hydrogen (secondary N) is 2. The topological polar surface area (TPSA) is 93.5 Å². The lowest BCUT2D eigenvalue weighted by molar-refractivity contribution is -0.131. The second kappa shape index (κ2) is 8.12. The lowest BCUT2D eigenvalue weighted by atomic mass is 9.85. The lowest BCUT2D eigenvalue weighted by Crippen LogP contribution is -2.48. The number of carbonyl (C=O) groups is 2. The van der Waals surface area contributed by atoms with Crippen LogP contribution in [0.2, 0.25) is 0 Å². The molecular formula is C13H25N3O3. The first-order chi connectivity index (χ1) is 9.04. The number of hydrogen-bond acceptors (Lipinski definition) is 4. The summed E-state index contributed by atoms with van der Waals surface area (Å²) >= 11 is 0. The van der Waals surface area contributed by atoms with E-state index >= 15 is 0 Å². The van der Waals surface area contributed by atoms with E-state index in [-0.39, 0.29) is 23.8 Å². The number of nitrogens with two attached hydrogens (primary N) is 1. The molecule has 0 heterocycles. The van der Waals surface area contributed by atoms with Gasteiger partial charge in [0.2, 0.25) is 11.8 Å². The van der Waals surface area contributed by atoms with E-state index < -0.39 is 6.04 Å². The average Bonchev–Trinajstić information content (AvgIpc) is 2.38. The van der Waals surface area contributed by atoms with Crippen LogP contribution in [0.4, 0.5) is 0 Å². The van der Waals surface area contributed by atoms with E-state index in [2.05, 4.69) is 10.6 Å². The van der Waals surface area contributed by atoms with Crippen molar-refractivity contribution in [1.82, 2.24) is 10.6 Å². The molecule has 1 aliphatic carbocycles. The van der Waals surface area contributed by atoms with Crippen molar-refractivity contribution >= 4 is 11.8 Å². The van der Waals surface area contributed by atoms with E-state index in [9.17, 15) is 9.59 Å². The molecular weight excluding hydrogens is 246 g/mol. The molecule has 110 valence electrons. The summed E-state index contributed by atoms with van der Waals surface area (Å²) in [5.41, 5.74) is 5.86. The van der Waals surface area contributed by atoms with Crippen LogP contribution >= 0.6 is 0 Å². The minimum absolute atomic E-state index is 0.0574. The molecule has 0 aromatic carbocycles. The lowest BCUT2D eigenvalue weighted by Gasteiger charge is -2.26. The highest BCUT2D eigenvalue weighted by atomic mass is 16.5. The maximum Gasteiger partial charge on any atom is 0.242 e. The first kappa shape index (κ1) is 15.9. The molecule has 1 aliphatic rings. The van der Waals surface area contributed by atoms with Crippen LogP contribution in [0.5, 0.6) is 0 Å². The van der Waals surface area contributed by atoms with Gasteiger partial charge in [-0.25, -0.2) is 0 Å². The first-order valence-electron chi connectivity index (χ1n) is 6.87. The molecule has 1 rings (SSSR count). The Hall–Kier alpha value is -1.14. The van der Waals surface area contributed by atoms with Crippen LogP contribution in [0.3, 0.4) is 0 Å². The van der Waals surface area contributed by atoms with Gasteiger partial charge in [-0.1, -0.05) is 6.42 Å². The summed E-state index contributed by atoms with van der Waals surface area (Å²) in [7, 11) is 1.57. The van der Waals surface area contributed by atoms with Gasteiger partial charge in [-0.2, -0.15) is 0 Å². The minimum Gasteiger partial charge on any atom is -0.383 e. The third-order valence-electron chi connectivity index (χ3n) is 3.44. The van der Waals surface area contributed by atoms with Crippen molar-refractivity contribution in [2.45, 2.75) is 44.7 Å². The van der Waals surface area contributed by atoms with Gasteiger partial charge in [-0.3, -0.25) is 9.59 Å². The smallest absolute Gasteiger partial charge is 0.242 e. The molecule has 1 fully saturated rings. The molecule has 3 atom stereocenters. The SMILES string of the molecule is COCCNC(=O)C(C)NC(=O)C1CCCC(N)C1. The van der Waals surface area contributed by atoms with Gasteiger partial charge in [0.15, 0.2) is 0 Å². The standard InChI is InChI=1S/C13H25N3O3/c1-9(12(17)15-6-7-19-2)16-13(18)10-4-3-5-11(14)8-10/h9-11H,3-8,14H2,1-2H3,(H,15,17)(H,16,18). The Morgan fingerprint density at radius 2 is 2.16 bits per heavy atom. The predicted molar refractivity (Wildman–Crippen MR) is 72.4 cm³/mol. The summed E-state index contributed by atoms with van der Waals surface area (Å²) in [4.78, 5) is 23.7. The van der Waals surface area contributed by atoms with Crippen molar-refractivity contribution in [2.75, 3.05) is 20.3 Å². The van der Waals surface area contributed by atoms with Crippen molar-refractivity contribution < 1.29 is 14.3 Å². The van der Waals surface area contributed by atoms with Crippen LogP contribution in [-0.4, -0.2) is 44.2 Å². The zero-order valence-corrected chi connectivity index (χ0v) is 11.8. The van der Waals surface area contributed by atoms with Gasteiger partial charge in [0.1, 0.15) is 6.04 Å². The molecule has 0 aromatic rings. The Morgan fingerprint density at radius 3 is 2.79 bits per heavy atom. The zero-order valence-electron chi connectivity index (χ0n) is 11.8. The predicted octanol–water partition coefficient (Wildman–Crippen LogP) is -0.229. The van der Waals surface area contributed by atoms with E-state index in [0.29, 0.717) is 19.6 Å². The largest absolute Gasteiger partial charge is 0.383 e. The molecule has 0 bridgehead atoms. The molecule has 6 heteroatoms. The van der Waals surface area contributed by atoms with Crippen molar-refractivity contribution in [2.24, 2.45) is 11.7 Å². The van der Waals surface area contributed by atoms with Gasteiger partial charge in [0, 0.05) is 25.6 Å². The molecule has 0 radical (unpaired) electrons. The van der Waals surface area contributed by atoms with E-state index in [1.165, 1.54) is 0 Å². The molecule has 2 amide bonds. The Labute approximate surface area is 114 Å². The molecule has 6 nitrogen and oxygen atoms in total. The summed E-state index contributed by atoms with van der Waals surface area (Å²) in [6.45, 7) is 2.59. The van der Waals surface area contributed by atoms with Crippen molar-refractivity contribution in [3.8, 4) is 0 Å². The number of ether oxygens (including phenoxy) is 1. The highest BCUT2D eigenvalue weighted by molar-refractivity contribution is 5.88. The Balaban J connectivity index is 2.32. The number of hydrogen-bond donors (Lipinski definition) is 3. The average molecular weight is 271 g/mol. The van der Waals surface area contributed by atoms with E-state index in [4.69, 9.17) is 10.5 Å². The number of methoxy groups -OCH3 is 1. The molecule has 0 aliphatic heterocycles. The second-order valence-corrected chi connectivity index (χ2v) is 5.14. The summed E-state index contributed by atoms with van der Waals surface area (Å²) < 4.78 is 4.84. The molecule has 4 N–H and O–H groups in total. The van der Waals surface area contributed by atoms with E-state index in [1.807, 2.05) is 0 Å². The molecule has 1 saturated carbocycles. The first-order valence-corrected chi connectivity index (χ1v) is 6.87. The summed E-state index contributed by atoms with van der Waals surface area (Å²) in [6, 6.07) is -0.419. The van der Waals surface area contributed by atoms with Crippen LogP contribution in [0.15, 0.2) is 0 Å². The van der Waals surface area contributed by atoms with Crippen LogP contribution in [-0.2, 0) is 14.3 Å². The number of amides is 2. The maximum atomic E-state index is 12.0. The van der Waals surface area contributed by atoms with Crippen LogP contribution in [0.25, 0.3) is 0 Å². The van der Waals surface area contributed by atoms with Gasteiger partial charge in [0.25, 0.3) is 0 Å². The third kappa shape index (κ3) is 5.57. The fraction of sp³-hybridized carbons (Fsp3) is 0.846. The molecule has 3 unspecified atom stereocenters. The fourth-order valence-corrected chi connectivity index (χ4v) is 2.29. The highest BCUT2D eigenvalue weighted by Gasteiger charge is 2.27. The summed E-state index contributed by atoms with van der Waals surface area (Å²) in [5.74, 6) is -0.312. The third-order valence-corrected chi connectivity index (χ3v) is 3.44. The number of carbonyl (C=O) groups excluding carboxylic acids is 2. The van der Waals surface area contributed by atoms with Gasteiger partial charge in [-0.15, -0.1) is 0 Å². The Morgan fingerprint density at radius 1 is 1.42 bits per heavy atom. The number of rotatable bonds is 6. The highest BCUT2D eigenvalue weighted by Crippen LogP contribution is 2.23. The van der Waals surface area contributed by atoms with Gasteiger partial charge >= 0.3 is 0 Å². The van der Waals surface area contributed by atoms with Crippen molar-refractivity contribution in [1.29, 1.82) is 0 Å². The quantitative estimate of drug-likeness (QED) is 0.582. The van der Waals surface area contributed by atoms with E-state index in [1.54, 1.807) is 14.0 Å². The van der Waals surface area contributed by atoms with Crippen LogP contribution in [0, 0.1) is 5.92 Å². The summed E-state index contributed by atoms with van der Waals surface area (Å²) in [5, 5.41) is 5.45. The molecule has 0 saturated heterocycles. The van der Waals surface area contributed by atoms with Gasteiger partial charge in [-0.05, 0) is 26.2 Å². The zero-order chi connectivity index (χ0) is 14.3. The van der Waals surface area contributed by atoms with Gasteiger partial charge < -0.3 is 21.1 Å². The van der Waals surface area contributed by atoms with Crippen LogP contribution < -0.4 is 16.4 Å². The Kier molecular flexibility index (Phi) is 6.80. The van der Waals surface area contributed by atoms with Crippen molar-refractivity contribution in [3.63, 3.8) is 0 Å².